The Labute approximate surface area is 93.6 Å². The van der Waals surface area contributed by atoms with Gasteiger partial charge in [-0.05, 0) is 40.9 Å². The van der Waals surface area contributed by atoms with Crippen molar-refractivity contribution in [1.82, 2.24) is 10.2 Å². The van der Waals surface area contributed by atoms with Gasteiger partial charge < -0.3 is 20.1 Å². The molecular formula is C11H26N2O2. The monoisotopic (exact) mass is 218 g/mol. The maximum Gasteiger partial charge on any atom is 0.0869 e. The summed E-state index contributed by atoms with van der Waals surface area (Å²) in [5.74, 6) is 0. The van der Waals surface area contributed by atoms with E-state index in [0.717, 1.165) is 26.2 Å². The van der Waals surface area contributed by atoms with Crippen molar-refractivity contribution in [3.8, 4) is 0 Å². The third-order valence-electron chi connectivity index (χ3n) is 2.01. The quantitative estimate of drug-likeness (QED) is 0.547. The third-order valence-corrected chi connectivity index (χ3v) is 2.01. The lowest BCUT2D eigenvalue weighted by atomic mass is 10.1. The molecule has 15 heavy (non-hydrogen) atoms. The highest BCUT2D eigenvalue weighted by molar-refractivity contribution is 4.77. The number of aliphatic hydroxyl groups is 1. The average Bonchev–Trinajstić information content (AvgIpc) is 2.08. The van der Waals surface area contributed by atoms with Crippen LogP contribution in [0, 0.1) is 0 Å². The molecule has 0 bridgehead atoms. The van der Waals surface area contributed by atoms with Crippen LogP contribution in [0.25, 0.3) is 0 Å². The summed E-state index contributed by atoms with van der Waals surface area (Å²) < 4.78 is 5.22. The number of hydrogen-bond donors (Lipinski definition) is 2. The summed E-state index contributed by atoms with van der Waals surface area (Å²) in [7, 11) is 3.92. The van der Waals surface area contributed by atoms with Crippen molar-refractivity contribution < 1.29 is 9.84 Å². The maximum absolute atomic E-state index is 9.95. The van der Waals surface area contributed by atoms with E-state index in [9.17, 15) is 5.11 Å². The molecule has 0 aliphatic rings. The SMILES string of the molecule is CCOCCCNCC(C)(O)CN(C)C. The molecule has 4 heteroatoms. The van der Waals surface area contributed by atoms with Crippen molar-refractivity contribution in [2.45, 2.75) is 25.9 Å². The van der Waals surface area contributed by atoms with Crippen LogP contribution in [0.5, 0.6) is 0 Å². The van der Waals surface area contributed by atoms with E-state index in [-0.39, 0.29) is 0 Å². The minimum absolute atomic E-state index is 0.622. The predicted octanol–water partition coefficient (Wildman–Crippen LogP) is 0.315. The zero-order valence-electron chi connectivity index (χ0n) is 10.5. The van der Waals surface area contributed by atoms with Crippen molar-refractivity contribution >= 4 is 0 Å². The molecule has 0 aromatic heterocycles. The molecule has 0 aromatic carbocycles. The third kappa shape index (κ3) is 10.1. The highest BCUT2D eigenvalue weighted by Crippen LogP contribution is 2.02. The largest absolute Gasteiger partial charge is 0.388 e. The van der Waals surface area contributed by atoms with Crippen LogP contribution < -0.4 is 5.32 Å². The van der Waals surface area contributed by atoms with Crippen LogP contribution in [0.1, 0.15) is 20.3 Å². The van der Waals surface area contributed by atoms with Gasteiger partial charge in [-0.25, -0.2) is 0 Å². The molecule has 0 radical (unpaired) electrons. The predicted molar refractivity (Wildman–Crippen MR) is 63.2 cm³/mol. The smallest absolute Gasteiger partial charge is 0.0869 e. The van der Waals surface area contributed by atoms with E-state index >= 15 is 0 Å². The molecule has 0 saturated heterocycles. The molecule has 1 atom stereocenters. The van der Waals surface area contributed by atoms with E-state index in [1.807, 2.05) is 32.8 Å². The lowest BCUT2D eigenvalue weighted by Crippen LogP contribution is -2.45. The normalized spacial score (nSPS) is 15.6. The lowest BCUT2D eigenvalue weighted by molar-refractivity contribution is 0.0333. The van der Waals surface area contributed by atoms with Crippen LogP contribution in [-0.2, 0) is 4.74 Å². The number of likely N-dealkylation sites (N-methyl/N-ethyl adjacent to an activating group) is 1. The van der Waals surface area contributed by atoms with Gasteiger partial charge in [0, 0.05) is 26.3 Å². The van der Waals surface area contributed by atoms with Gasteiger partial charge in [0.05, 0.1) is 5.60 Å². The van der Waals surface area contributed by atoms with Gasteiger partial charge in [-0.3, -0.25) is 0 Å². The molecule has 0 heterocycles. The van der Waals surface area contributed by atoms with Gasteiger partial charge in [0.1, 0.15) is 0 Å². The van der Waals surface area contributed by atoms with Gasteiger partial charge >= 0.3 is 0 Å². The average molecular weight is 218 g/mol. The van der Waals surface area contributed by atoms with Gasteiger partial charge in [0.25, 0.3) is 0 Å². The summed E-state index contributed by atoms with van der Waals surface area (Å²) in [5.41, 5.74) is -0.658. The van der Waals surface area contributed by atoms with Crippen LogP contribution in [0.15, 0.2) is 0 Å². The molecule has 0 aromatic rings. The first-order valence-electron chi connectivity index (χ1n) is 5.63. The van der Waals surface area contributed by atoms with E-state index in [2.05, 4.69) is 5.32 Å². The topological polar surface area (TPSA) is 44.7 Å². The molecule has 0 spiro atoms. The summed E-state index contributed by atoms with van der Waals surface area (Å²) in [6.07, 6.45) is 0.992. The highest BCUT2D eigenvalue weighted by Gasteiger charge is 2.20. The summed E-state index contributed by atoms with van der Waals surface area (Å²) in [5, 5.41) is 13.2. The Morgan fingerprint density at radius 3 is 2.60 bits per heavy atom. The minimum atomic E-state index is -0.658. The fourth-order valence-corrected chi connectivity index (χ4v) is 1.54. The second-order valence-electron chi connectivity index (χ2n) is 4.46. The van der Waals surface area contributed by atoms with Crippen molar-refractivity contribution in [3.63, 3.8) is 0 Å². The molecule has 0 aliphatic heterocycles. The summed E-state index contributed by atoms with van der Waals surface area (Å²) in [6, 6.07) is 0. The number of nitrogens with zero attached hydrogens (tertiary/aromatic N) is 1. The molecule has 0 fully saturated rings. The highest BCUT2D eigenvalue weighted by atomic mass is 16.5. The van der Waals surface area contributed by atoms with Gasteiger partial charge in [-0.15, -0.1) is 0 Å². The second-order valence-corrected chi connectivity index (χ2v) is 4.46. The van der Waals surface area contributed by atoms with Crippen LogP contribution in [0.2, 0.25) is 0 Å². The van der Waals surface area contributed by atoms with Crippen LogP contribution in [0.4, 0.5) is 0 Å². The number of ether oxygens (including phenoxy) is 1. The fraction of sp³-hybridized carbons (Fsp3) is 1.00. The van der Waals surface area contributed by atoms with Crippen molar-refractivity contribution in [2.24, 2.45) is 0 Å². The Bertz CT molecular complexity index is 150. The molecule has 4 nitrogen and oxygen atoms in total. The van der Waals surface area contributed by atoms with E-state index in [1.54, 1.807) is 0 Å². The summed E-state index contributed by atoms with van der Waals surface area (Å²) in [6.45, 7) is 7.60. The van der Waals surface area contributed by atoms with Crippen molar-refractivity contribution in [2.75, 3.05) is 46.9 Å². The Morgan fingerprint density at radius 2 is 2.07 bits per heavy atom. The summed E-state index contributed by atoms with van der Waals surface area (Å²) in [4.78, 5) is 1.99. The first-order chi connectivity index (χ1) is 6.98. The zero-order valence-corrected chi connectivity index (χ0v) is 10.5. The van der Waals surface area contributed by atoms with Gasteiger partial charge in [-0.2, -0.15) is 0 Å². The first-order valence-corrected chi connectivity index (χ1v) is 5.63. The molecule has 0 rings (SSSR count). The Hall–Kier alpha value is -0.160. The van der Waals surface area contributed by atoms with Crippen molar-refractivity contribution in [1.29, 1.82) is 0 Å². The Balaban J connectivity index is 3.40. The van der Waals surface area contributed by atoms with Crippen LogP contribution >= 0.6 is 0 Å². The van der Waals surface area contributed by atoms with E-state index in [4.69, 9.17) is 4.74 Å². The molecule has 0 saturated carbocycles. The van der Waals surface area contributed by atoms with Gasteiger partial charge in [-0.1, -0.05) is 0 Å². The Morgan fingerprint density at radius 1 is 1.40 bits per heavy atom. The number of hydrogen-bond acceptors (Lipinski definition) is 4. The number of rotatable bonds is 9. The molecule has 1 unspecified atom stereocenters. The number of nitrogens with one attached hydrogen (secondary N) is 1. The maximum atomic E-state index is 9.95. The Kier molecular flexibility index (Phi) is 7.96. The molecule has 92 valence electrons. The van der Waals surface area contributed by atoms with Gasteiger partial charge in [0.2, 0.25) is 0 Å². The standard InChI is InChI=1S/C11H26N2O2/c1-5-15-8-6-7-12-9-11(2,14)10-13(3)4/h12,14H,5-10H2,1-4H3. The van der Waals surface area contributed by atoms with Gasteiger partial charge in [0.15, 0.2) is 0 Å². The first kappa shape index (κ1) is 14.8. The zero-order chi connectivity index (χ0) is 11.7. The summed E-state index contributed by atoms with van der Waals surface area (Å²) >= 11 is 0. The van der Waals surface area contributed by atoms with Crippen molar-refractivity contribution in [3.05, 3.63) is 0 Å². The lowest BCUT2D eigenvalue weighted by Gasteiger charge is -2.27. The molecule has 2 N–H and O–H groups in total. The molecule has 0 amide bonds. The van der Waals surface area contributed by atoms with E-state index in [0.29, 0.717) is 13.1 Å². The van der Waals surface area contributed by atoms with Crippen LogP contribution in [-0.4, -0.2) is 62.6 Å². The molecular weight excluding hydrogens is 192 g/mol. The fourth-order valence-electron chi connectivity index (χ4n) is 1.54. The van der Waals surface area contributed by atoms with Crippen LogP contribution in [0.3, 0.4) is 0 Å². The van der Waals surface area contributed by atoms with E-state index < -0.39 is 5.60 Å². The second kappa shape index (κ2) is 8.05. The minimum Gasteiger partial charge on any atom is -0.388 e. The molecule has 0 aliphatic carbocycles. The van der Waals surface area contributed by atoms with E-state index in [1.165, 1.54) is 0 Å².